The van der Waals surface area contributed by atoms with Crippen LogP contribution < -0.4 is 19.9 Å². The Kier molecular flexibility index (Phi) is 13.4. The van der Waals surface area contributed by atoms with Gasteiger partial charge in [-0.3, -0.25) is 9.69 Å². The summed E-state index contributed by atoms with van der Waals surface area (Å²) in [4.78, 5) is 50.1. The fourth-order valence-electron chi connectivity index (χ4n) is 3.27. The molecule has 11 nitrogen and oxygen atoms in total. The molecular weight excluding hydrogens is 724 g/mol. The second-order valence-corrected chi connectivity index (χ2v) is 10.2. The molecule has 38 heavy (non-hydrogen) atoms. The molecule has 3 N–H and O–H groups in total. The Morgan fingerprint density at radius 1 is 0.921 bits per heavy atom. The van der Waals surface area contributed by atoms with Crippen LogP contribution in [-0.4, -0.2) is 69.4 Å². The molecule has 1 atom stereocenters. The first-order chi connectivity index (χ1) is 18.1. The van der Waals surface area contributed by atoms with Crippen LogP contribution in [0.15, 0.2) is 48.5 Å². The Morgan fingerprint density at radius 3 is 2.03 bits per heavy atom. The fraction of sp³-hybridized carbons (Fsp3) is 0.360. The van der Waals surface area contributed by atoms with Crippen molar-refractivity contribution in [2.24, 2.45) is 0 Å². The standard InChI is InChI=1S/C25H29I2N3O8/c1-29(18-4-6-19(7-5-18)30(14-12-26)15-13-27)25(36)37-16-17-2-8-20(9-3-17)38-24(35)28-21(23(33)34)10-11-22(31)32/h2-9,21H,10-16H2,1H3,(H,28,35)(H,31,32)(H,33,34)/t21-/m1/s1. The number of hydrogen-bond acceptors (Lipinski definition) is 7. The van der Waals surface area contributed by atoms with E-state index >= 15 is 0 Å². The predicted octanol–water partition coefficient (Wildman–Crippen LogP) is 4.54. The van der Waals surface area contributed by atoms with Crippen molar-refractivity contribution in [1.29, 1.82) is 0 Å². The van der Waals surface area contributed by atoms with Crippen molar-refractivity contribution in [3.05, 3.63) is 54.1 Å². The third-order valence-corrected chi connectivity index (χ3v) is 6.28. The number of carbonyl (C=O) groups is 4. The fourth-order valence-corrected chi connectivity index (χ4v) is 4.43. The zero-order valence-corrected chi connectivity index (χ0v) is 25.0. The monoisotopic (exact) mass is 753 g/mol. The first-order valence-corrected chi connectivity index (χ1v) is 14.6. The van der Waals surface area contributed by atoms with Crippen LogP contribution in [0.25, 0.3) is 0 Å². The molecule has 0 saturated carbocycles. The molecule has 0 radical (unpaired) electrons. The maximum Gasteiger partial charge on any atom is 0.414 e. The average molecular weight is 753 g/mol. The van der Waals surface area contributed by atoms with E-state index < -0.39 is 36.6 Å². The van der Waals surface area contributed by atoms with E-state index in [1.807, 2.05) is 24.3 Å². The summed E-state index contributed by atoms with van der Waals surface area (Å²) in [7, 11) is 1.63. The van der Waals surface area contributed by atoms with Gasteiger partial charge in [-0.15, -0.1) is 0 Å². The highest BCUT2D eigenvalue weighted by molar-refractivity contribution is 14.1. The summed E-state index contributed by atoms with van der Waals surface area (Å²) in [5.41, 5.74) is 2.44. The molecule has 2 aromatic rings. The maximum absolute atomic E-state index is 12.5. The van der Waals surface area contributed by atoms with Crippen molar-refractivity contribution in [3.8, 4) is 5.75 Å². The van der Waals surface area contributed by atoms with E-state index in [2.05, 4.69) is 55.4 Å². The number of nitrogens with zero attached hydrogens (tertiary/aromatic N) is 2. The lowest BCUT2D eigenvalue weighted by atomic mass is 10.1. The summed E-state index contributed by atoms with van der Waals surface area (Å²) in [6.07, 6.45) is -2.25. The van der Waals surface area contributed by atoms with Gasteiger partial charge in [-0.1, -0.05) is 57.3 Å². The number of nitrogens with one attached hydrogen (secondary N) is 1. The minimum Gasteiger partial charge on any atom is -0.481 e. The van der Waals surface area contributed by atoms with Gasteiger partial charge < -0.3 is 29.9 Å². The van der Waals surface area contributed by atoms with Crippen LogP contribution in [0.2, 0.25) is 0 Å². The number of benzene rings is 2. The quantitative estimate of drug-likeness (QED) is 0.187. The largest absolute Gasteiger partial charge is 0.481 e. The Morgan fingerprint density at radius 2 is 1.50 bits per heavy atom. The van der Waals surface area contributed by atoms with E-state index in [9.17, 15) is 19.2 Å². The molecule has 0 aliphatic rings. The summed E-state index contributed by atoms with van der Waals surface area (Å²) >= 11 is 4.70. The van der Waals surface area contributed by atoms with Gasteiger partial charge in [0.25, 0.3) is 0 Å². The van der Waals surface area contributed by atoms with Gasteiger partial charge in [0.15, 0.2) is 0 Å². The van der Waals surface area contributed by atoms with E-state index in [0.29, 0.717) is 11.3 Å². The first kappa shape index (κ1) is 31.4. The van der Waals surface area contributed by atoms with E-state index in [-0.39, 0.29) is 18.8 Å². The second-order valence-electron chi connectivity index (χ2n) is 8.00. The SMILES string of the molecule is CN(C(=O)OCc1ccc(OC(=O)N[C@H](CCC(=O)O)C(=O)O)cc1)c1ccc(N(CCI)CCI)cc1. The Bertz CT molecular complexity index is 1080. The highest BCUT2D eigenvalue weighted by Crippen LogP contribution is 2.21. The van der Waals surface area contributed by atoms with Gasteiger partial charge in [0.1, 0.15) is 18.4 Å². The highest BCUT2D eigenvalue weighted by atomic mass is 127. The van der Waals surface area contributed by atoms with E-state index in [1.165, 1.54) is 17.0 Å². The van der Waals surface area contributed by atoms with Crippen LogP contribution in [0.1, 0.15) is 18.4 Å². The summed E-state index contributed by atoms with van der Waals surface area (Å²) in [6.45, 7) is 1.89. The van der Waals surface area contributed by atoms with Gasteiger partial charge in [0, 0.05) is 46.8 Å². The lowest BCUT2D eigenvalue weighted by Gasteiger charge is -2.24. The molecule has 0 heterocycles. The van der Waals surface area contributed by atoms with Gasteiger partial charge in [-0.25, -0.2) is 14.4 Å². The predicted molar refractivity (Wildman–Crippen MR) is 159 cm³/mol. The molecule has 2 rings (SSSR count). The van der Waals surface area contributed by atoms with Crippen LogP contribution in [-0.2, 0) is 20.9 Å². The minimum absolute atomic E-state index is 0.0108. The van der Waals surface area contributed by atoms with Gasteiger partial charge >= 0.3 is 24.1 Å². The van der Waals surface area contributed by atoms with Crippen molar-refractivity contribution < 1.29 is 38.9 Å². The molecular formula is C25H29I2N3O8. The topological polar surface area (TPSA) is 146 Å². The molecule has 0 spiro atoms. The average Bonchev–Trinajstić information content (AvgIpc) is 2.89. The van der Waals surface area contributed by atoms with Crippen molar-refractivity contribution in [1.82, 2.24) is 5.32 Å². The van der Waals surface area contributed by atoms with Crippen molar-refractivity contribution in [2.75, 3.05) is 38.8 Å². The lowest BCUT2D eigenvalue weighted by Crippen LogP contribution is -2.42. The molecule has 0 aromatic heterocycles. The molecule has 206 valence electrons. The number of carboxylic acids is 2. The molecule has 0 aliphatic heterocycles. The van der Waals surface area contributed by atoms with Gasteiger partial charge in [-0.05, 0) is 48.4 Å². The Balaban J connectivity index is 1.87. The zero-order valence-electron chi connectivity index (χ0n) is 20.6. The Hall–Kier alpha value is -2.82. The molecule has 0 fully saturated rings. The molecule has 0 unspecified atom stereocenters. The number of halogens is 2. The third kappa shape index (κ3) is 10.5. The number of carboxylic acid groups (broad SMARTS) is 2. The molecule has 0 bridgehead atoms. The molecule has 0 saturated heterocycles. The molecule has 13 heteroatoms. The number of ether oxygens (including phenoxy) is 2. The van der Waals surface area contributed by atoms with Crippen molar-refractivity contribution >= 4 is 80.7 Å². The number of carbonyl (C=O) groups excluding carboxylic acids is 2. The summed E-state index contributed by atoms with van der Waals surface area (Å²) in [5.74, 6) is -2.40. The van der Waals surface area contributed by atoms with Crippen LogP contribution in [0, 0.1) is 0 Å². The van der Waals surface area contributed by atoms with Crippen LogP contribution in [0.3, 0.4) is 0 Å². The lowest BCUT2D eigenvalue weighted by molar-refractivity contribution is -0.140. The summed E-state index contributed by atoms with van der Waals surface area (Å²) in [5, 5.41) is 19.9. The van der Waals surface area contributed by atoms with E-state index in [1.54, 1.807) is 19.2 Å². The van der Waals surface area contributed by atoms with Crippen molar-refractivity contribution in [2.45, 2.75) is 25.5 Å². The number of aliphatic carboxylic acids is 2. The number of anilines is 2. The van der Waals surface area contributed by atoms with E-state index in [0.717, 1.165) is 27.6 Å². The van der Waals surface area contributed by atoms with Crippen LogP contribution in [0.4, 0.5) is 21.0 Å². The maximum atomic E-state index is 12.5. The highest BCUT2D eigenvalue weighted by Gasteiger charge is 2.22. The number of amides is 2. The van der Waals surface area contributed by atoms with Gasteiger partial charge in [-0.2, -0.15) is 0 Å². The zero-order chi connectivity index (χ0) is 28.1. The normalized spacial score (nSPS) is 11.2. The second kappa shape index (κ2) is 16.2. The summed E-state index contributed by atoms with van der Waals surface area (Å²) < 4.78 is 12.5. The van der Waals surface area contributed by atoms with Crippen LogP contribution in [0.5, 0.6) is 5.75 Å². The Labute approximate surface area is 247 Å². The van der Waals surface area contributed by atoms with Crippen LogP contribution >= 0.6 is 45.2 Å². The number of rotatable bonds is 14. The van der Waals surface area contributed by atoms with Gasteiger partial charge in [0.2, 0.25) is 0 Å². The first-order valence-electron chi connectivity index (χ1n) is 11.5. The van der Waals surface area contributed by atoms with Crippen molar-refractivity contribution in [3.63, 3.8) is 0 Å². The molecule has 0 aliphatic carbocycles. The smallest absolute Gasteiger partial charge is 0.414 e. The number of hydrogen-bond donors (Lipinski definition) is 3. The summed E-state index contributed by atoms with van der Waals surface area (Å²) in [6, 6.07) is 12.4. The molecule has 2 amide bonds. The minimum atomic E-state index is -1.39. The van der Waals surface area contributed by atoms with E-state index in [4.69, 9.17) is 19.7 Å². The third-order valence-electron chi connectivity index (χ3n) is 5.32. The van der Waals surface area contributed by atoms with Gasteiger partial charge in [0.05, 0.1) is 0 Å². The molecule has 2 aromatic carbocycles. The number of alkyl halides is 2.